The number of hydrogen-bond donors (Lipinski definition) is 1. The zero-order chi connectivity index (χ0) is 21.1. The standard InChI is InChI=1S/C20H17N3O5S/c1-12-3-6-15(9-13(12)2)21-18(24)11-22-19(25)17(29-20(22)26)10-14-4-7-16(8-5-14)23(27)28/h3-10H,11H2,1-2H3,(H,21,24). The van der Waals surface area contributed by atoms with E-state index >= 15 is 0 Å². The molecule has 0 unspecified atom stereocenters. The normalized spacial score (nSPS) is 15.1. The van der Waals surface area contributed by atoms with Crippen molar-refractivity contribution in [2.45, 2.75) is 13.8 Å². The number of nitro groups is 1. The number of amides is 3. The number of rotatable bonds is 5. The molecule has 8 nitrogen and oxygen atoms in total. The summed E-state index contributed by atoms with van der Waals surface area (Å²) in [4.78, 5) is 48.2. The van der Waals surface area contributed by atoms with Gasteiger partial charge in [0.1, 0.15) is 6.54 Å². The minimum atomic E-state index is -0.575. The molecule has 29 heavy (non-hydrogen) atoms. The van der Waals surface area contributed by atoms with Crippen LogP contribution in [0.4, 0.5) is 16.2 Å². The van der Waals surface area contributed by atoms with Crippen LogP contribution in [-0.4, -0.2) is 33.4 Å². The van der Waals surface area contributed by atoms with E-state index in [1.807, 2.05) is 26.0 Å². The van der Waals surface area contributed by atoms with Crippen molar-refractivity contribution in [1.82, 2.24) is 4.90 Å². The van der Waals surface area contributed by atoms with Gasteiger partial charge >= 0.3 is 0 Å². The summed E-state index contributed by atoms with van der Waals surface area (Å²) in [7, 11) is 0. The summed E-state index contributed by atoms with van der Waals surface area (Å²) >= 11 is 0.724. The van der Waals surface area contributed by atoms with Gasteiger partial charge in [-0.1, -0.05) is 6.07 Å². The van der Waals surface area contributed by atoms with Crippen LogP contribution in [0.2, 0.25) is 0 Å². The molecular weight excluding hydrogens is 394 g/mol. The fourth-order valence-corrected chi connectivity index (χ4v) is 3.48. The molecule has 1 N–H and O–H groups in total. The summed E-state index contributed by atoms with van der Waals surface area (Å²) in [5.41, 5.74) is 3.16. The number of aryl methyl sites for hydroxylation is 2. The van der Waals surface area contributed by atoms with Crippen LogP contribution in [0.25, 0.3) is 6.08 Å². The second-order valence-corrected chi connectivity index (χ2v) is 7.46. The smallest absolute Gasteiger partial charge is 0.294 e. The third-order valence-electron chi connectivity index (χ3n) is 4.37. The first kappa shape index (κ1) is 20.3. The number of carbonyl (C=O) groups is 3. The minimum absolute atomic E-state index is 0.0710. The Morgan fingerprint density at radius 3 is 2.45 bits per heavy atom. The first-order valence-electron chi connectivity index (χ1n) is 8.61. The molecule has 9 heteroatoms. The Hall–Kier alpha value is -3.46. The van der Waals surface area contributed by atoms with Gasteiger partial charge in [-0.2, -0.15) is 0 Å². The third kappa shape index (κ3) is 4.69. The van der Waals surface area contributed by atoms with Crippen molar-refractivity contribution in [3.63, 3.8) is 0 Å². The fourth-order valence-electron chi connectivity index (χ4n) is 2.64. The fraction of sp³-hybridized carbons (Fsp3) is 0.150. The van der Waals surface area contributed by atoms with Gasteiger partial charge in [0.2, 0.25) is 5.91 Å². The maximum Gasteiger partial charge on any atom is 0.294 e. The van der Waals surface area contributed by atoms with E-state index in [2.05, 4.69) is 5.32 Å². The number of carbonyl (C=O) groups excluding carboxylic acids is 3. The van der Waals surface area contributed by atoms with Gasteiger partial charge in [-0.05, 0) is 72.6 Å². The summed E-state index contributed by atoms with van der Waals surface area (Å²) in [5, 5.41) is 12.8. The molecule has 0 saturated carbocycles. The molecule has 0 radical (unpaired) electrons. The predicted molar refractivity (Wildman–Crippen MR) is 110 cm³/mol. The average Bonchev–Trinajstić information content (AvgIpc) is 2.92. The van der Waals surface area contributed by atoms with E-state index in [0.29, 0.717) is 11.3 Å². The molecule has 0 atom stereocenters. The molecule has 2 aromatic rings. The molecule has 1 aliphatic rings. The summed E-state index contributed by atoms with van der Waals surface area (Å²) in [6, 6.07) is 11.0. The molecule has 1 fully saturated rings. The Morgan fingerprint density at radius 1 is 1.14 bits per heavy atom. The van der Waals surface area contributed by atoms with Gasteiger partial charge in [0, 0.05) is 17.8 Å². The van der Waals surface area contributed by atoms with Crippen molar-refractivity contribution in [2.24, 2.45) is 0 Å². The number of anilines is 1. The van der Waals surface area contributed by atoms with Crippen molar-refractivity contribution < 1.29 is 19.3 Å². The van der Waals surface area contributed by atoms with E-state index in [0.717, 1.165) is 27.8 Å². The Bertz CT molecular complexity index is 1050. The van der Waals surface area contributed by atoms with Gasteiger partial charge in [0.25, 0.3) is 16.8 Å². The number of hydrogen-bond acceptors (Lipinski definition) is 6. The Labute approximate surface area is 170 Å². The number of thioether (sulfide) groups is 1. The average molecular weight is 411 g/mol. The molecule has 1 aliphatic heterocycles. The van der Waals surface area contributed by atoms with Gasteiger partial charge in [-0.25, -0.2) is 0 Å². The third-order valence-corrected chi connectivity index (χ3v) is 5.28. The van der Waals surface area contributed by atoms with Crippen LogP contribution in [0.3, 0.4) is 0 Å². The number of nitrogens with one attached hydrogen (secondary N) is 1. The lowest BCUT2D eigenvalue weighted by molar-refractivity contribution is -0.384. The lowest BCUT2D eigenvalue weighted by Crippen LogP contribution is -2.36. The van der Waals surface area contributed by atoms with E-state index in [-0.39, 0.29) is 10.6 Å². The second kappa shape index (κ2) is 8.27. The molecule has 1 heterocycles. The number of nitro benzene ring substituents is 1. The summed E-state index contributed by atoms with van der Waals surface area (Å²) in [5.74, 6) is -1.05. The molecule has 0 bridgehead atoms. The highest BCUT2D eigenvalue weighted by Gasteiger charge is 2.36. The van der Waals surface area contributed by atoms with E-state index in [9.17, 15) is 24.5 Å². The van der Waals surface area contributed by atoms with Gasteiger partial charge in [0.05, 0.1) is 9.83 Å². The molecule has 0 aliphatic carbocycles. The van der Waals surface area contributed by atoms with Crippen LogP contribution in [0.1, 0.15) is 16.7 Å². The Morgan fingerprint density at radius 2 is 1.83 bits per heavy atom. The Kier molecular flexibility index (Phi) is 5.79. The minimum Gasteiger partial charge on any atom is -0.325 e. The summed E-state index contributed by atoms with van der Waals surface area (Å²) in [6.07, 6.45) is 1.47. The molecule has 0 spiro atoms. The van der Waals surface area contributed by atoms with E-state index in [1.54, 1.807) is 6.07 Å². The van der Waals surface area contributed by atoms with Gasteiger partial charge < -0.3 is 5.32 Å². The topological polar surface area (TPSA) is 110 Å². The van der Waals surface area contributed by atoms with Crippen LogP contribution in [0, 0.1) is 24.0 Å². The van der Waals surface area contributed by atoms with Gasteiger partial charge in [-0.15, -0.1) is 0 Å². The first-order valence-corrected chi connectivity index (χ1v) is 9.43. The maximum atomic E-state index is 12.5. The van der Waals surface area contributed by atoms with Gasteiger partial charge in [-0.3, -0.25) is 29.4 Å². The highest BCUT2D eigenvalue weighted by atomic mass is 32.2. The monoisotopic (exact) mass is 411 g/mol. The molecule has 0 aromatic heterocycles. The SMILES string of the molecule is Cc1ccc(NC(=O)CN2C(=O)SC(=Cc3ccc([N+](=O)[O-])cc3)C2=O)cc1C. The Balaban J connectivity index is 1.68. The zero-order valence-electron chi connectivity index (χ0n) is 15.7. The first-order chi connectivity index (χ1) is 13.7. The van der Waals surface area contributed by atoms with Crippen LogP contribution in [0.5, 0.6) is 0 Å². The summed E-state index contributed by atoms with van der Waals surface area (Å²) < 4.78 is 0. The highest BCUT2D eigenvalue weighted by Crippen LogP contribution is 2.32. The largest absolute Gasteiger partial charge is 0.325 e. The lowest BCUT2D eigenvalue weighted by Gasteiger charge is -2.13. The number of imide groups is 1. The van der Waals surface area contributed by atoms with E-state index in [4.69, 9.17) is 0 Å². The van der Waals surface area contributed by atoms with E-state index in [1.165, 1.54) is 30.3 Å². The van der Waals surface area contributed by atoms with Crippen molar-refractivity contribution in [3.05, 3.63) is 74.2 Å². The molecule has 3 rings (SSSR count). The number of benzene rings is 2. The lowest BCUT2D eigenvalue weighted by atomic mass is 10.1. The number of nitrogens with zero attached hydrogens (tertiary/aromatic N) is 2. The van der Waals surface area contributed by atoms with Crippen molar-refractivity contribution in [1.29, 1.82) is 0 Å². The quantitative estimate of drug-likeness (QED) is 0.454. The van der Waals surface area contributed by atoms with Crippen molar-refractivity contribution in [3.8, 4) is 0 Å². The molecular formula is C20H17N3O5S. The predicted octanol–water partition coefficient (Wildman–Crippen LogP) is 3.89. The second-order valence-electron chi connectivity index (χ2n) is 6.46. The maximum absolute atomic E-state index is 12.5. The molecule has 1 saturated heterocycles. The highest BCUT2D eigenvalue weighted by molar-refractivity contribution is 8.18. The molecule has 3 amide bonds. The summed E-state index contributed by atoms with van der Waals surface area (Å²) in [6.45, 7) is 3.48. The van der Waals surface area contributed by atoms with Crippen molar-refractivity contribution >= 4 is 46.3 Å². The number of non-ortho nitro benzene ring substituents is 1. The van der Waals surface area contributed by atoms with Gasteiger partial charge in [0.15, 0.2) is 0 Å². The van der Waals surface area contributed by atoms with Crippen molar-refractivity contribution in [2.75, 3.05) is 11.9 Å². The van der Waals surface area contributed by atoms with Crippen LogP contribution >= 0.6 is 11.8 Å². The molecule has 2 aromatic carbocycles. The van der Waals surface area contributed by atoms with E-state index < -0.39 is 28.5 Å². The van der Waals surface area contributed by atoms with Crippen LogP contribution in [0.15, 0.2) is 47.4 Å². The van der Waals surface area contributed by atoms with Crippen LogP contribution in [-0.2, 0) is 9.59 Å². The zero-order valence-corrected chi connectivity index (χ0v) is 16.5. The van der Waals surface area contributed by atoms with Crippen LogP contribution < -0.4 is 5.32 Å². The molecule has 148 valence electrons.